The number of nitrogens with zero attached hydrogens (tertiary/aromatic N) is 1. The second kappa shape index (κ2) is 9.14. The van der Waals surface area contributed by atoms with Gasteiger partial charge < -0.3 is 24.4 Å². The minimum atomic E-state index is -1.11. The molecule has 1 N–H and O–H groups in total. The van der Waals surface area contributed by atoms with E-state index in [1.807, 2.05) is 73.7 Å². The van der Waals surface area contributed by atoms with Crippen molar-refractivity contribution in [3.63, 3.8) is 0 Å². The van der Waals surface area contributed by atoms with Crippen LogP contribution in [0.4, 0.5) is 17.1 Å². The van der Waals surface area contributed by atoms with Crippen molar-refractivity contribution in [3.8, 4) is 17.2 Å². The Labute approximate surface area is 222 Å². The molecule has 0 aliphatic carbocycles. The fourth-order valence-electron chi connectivity index (χ4n) is 5.56. The van der Waals surface area contributed by atoms with E-state index in [0.717, 1.165) is 58.2 Å². The summed E-state index contributed by atoms with van der Waals surface area (Å²) >= 11 is 0. The van der Waals surface area contributed by atoms with Crippen LogP contribution in [0.3, 0.4) is 0 Å². The molecule has 0 fully saturated rings. The first-order valence-electron chi connectivity index (χ1n) is 12.9. The summed E-state index contributed by atoms with van der Waals surface area (Å²) in [5.74, 6) is 1.83. The molecule has 2 heterocycles. The van der Waals surface area contributed by atoms with Crippen molar-refractivity contribution in [3.05, 3.63) is 107 Å². The van der Waals surface area contributed by atoms with Gasteiger partial charge in [-0.15, -0.1) is 0 Å². The fourth-order valence-corrected chi connectivity index (χ4v) is 5.56. The average molecular weight is 507 g/mol. The SMILES string of the molecule is CCN(CC)c1ccc2c(c1)Oc1cc(C)c(Nc3ccc(OC)cc3)cc1C21OC(=O)c2ccccc21. The van der Waals surface area contributed by atoms with Gasteiger partial charge in [0.05, 0.1) is 12.7 Å². The van der Waals surface area contributed by atoms with E-state index in [9.17, 15) is 4.79 Å². The first-order chi connectivity index (χ1) is 18.5. The van der Waals surface area contributed by atoms with Crippen LogP contribution in [0.25, 0.3) is 0 Å². The van der Waals surface area contributed by atoms with E-state index in [1.54, 1.807) is 7.11 Å². The Morgan fingerprint density at radius 2 is 1.61 bits per heavy atom. The monoisotopic (exact) mass is 506 g/mol. The van der Waals surface area contributed by atoms with Gasteiger partial charge in [-0.1, -0.05) is 18.2 Å². The number of ether oxygens (including phenoxy) is 3. The third-order valence-electron chi connectivity index (χ3n) is 7.54. The molecule has 0 bridgehead atoms. The van der Waals surface area contributed by atoms with E-state index < -0.39 is 5.60 Å². The van der Waals surface area contributed by atoms with Gasteiger partial charge in [-0.05, 0) is 80.9 Å². The van der Waals surface area contributed by atoms with E-state index in [1.165, 1.54) is 0 Å². The van der Waals surface area contributed by atoms with Gasteiger partial charge in [0.25, 0.3) is 0 Å². The molecule has 0 radical (unpaired) electrons. The van der Waals surface area contributed by atoms with Crippen molar-refractivity contribution in [1.82, 2.24) is 0 Å². The van der Waals surface area contributed by atoms with Crippen LogP contribution in [0.5, 0.6) is 17.2 Å². The van der Waals surface area contributed by atoms with Crippen LogP contribution in [-0.4, -0.2) is 26.2 Å². The van der Waals surface area contributed by atoms with Gasteiger partial charge in [-0.3, -0.25) is 0 Å². The van der Waals surface area contributed by atoms with E-state index in [0.29, 0.717) is 17.1 Å². The minimum Gasteiger partial charge on any atom is -0.497 e. The van der Waals surface area contributed by atoms with Gasteiger partial charge in [0, 0.05) is 52.9 Å². The quantitative estimate of drug-likeness (QED) is 0.280. The number of hydrogen-bond donors (Lipinski definition) is 1. The number of methoxy groups -OCH3 is 1. The molecule has 192 valence electrons. The summed E-state index contributed by atoms with van der Waals surface area (Å²) in [5, 5.41) is 3.52. The van der Waals surface area contributed by atoms with Gasteiger partial charge >= 0.3 is 5.97 Å². The molecule has 1 spiro atoms. The van der Waals surface area contributed by atoms with E-state index >= 15 is 0 Å². The molecule has 4 aromatic rings. The Balaban J connectivity index is 1.54. The number of benzene rings is 4. The second-order valence-electron chi connectivity index (χ2n) is 9.59. The fraction of sp³-hybridized carbons (Fsp3) is 0.219. The highest BCUT2D eigenvalue weighted by molar-refractivity contribution is 5.97. The summed E-state index contributed by atoms with van der Waals surface area (Å²) in [5.41, 5.74) is 5.81. The van der Waals surface area contributed by atoms with Crippen LogP contribution in [0.15, 0.2) is 78.9 Å². The molecule has 0 saturated carbocycles. The summed E-state index contributed by atoms with van der Waals surface area (Å²) in [6.45, 7) is 8.08. The van der Waals surface area contributed by atoms with Gasteiger partial charge in [0.15, 0.2) is 5.60 Å². The van der Waals surface area contributed by atoms with E-state index in [2.05, 4.69) is 36.2 Å². The Morgan fingerprint density at radius 3 is 2.34 bits per heavy atom. The molecular formula is C32H30N2O4. The zero-order valence-electron chi connectivity index (χ0n) is 22.0. The number of rotatable bonds is 6. The normalized spacial score (nSPS) is 16.7. The van der Waals surface area contributed by atoms with E-state index in [-0.39, 0.29) is 5.97 Å². The van der Waals surface area contributed by atoms with Gasteiger partial charge in [-0.25, -0.2) is 4.79 Å². The second-order valence-corrected chi connectivity index (χ2v) is 9.59. The van der Waals surface area contributed by atoms with Crippen molar-refractivity contribution >= 4 is 23.0 Å². The summed E-state index contributed by atoms with van der Waals surface area (Å²) < 4.78 is 18.2. The predicted octanol–water partition coefficient (Wildman–Crippen LogP) is 7.16. The predicted molar refractivity (Wildman–Crippen MR) is 149 cm³/mol. The van der Waals surface area contributed by atoms with Gasteiger partial charge in [-0.2, -0.15) is 0 Å². The highest BCUT2D eigenvalue weighted by Gasteiger charge is 2.53. The number of carbonyl (C=O) groups is 1. The summed E-state index contributed by atoms with van der Waals surface area (Å²) in [6, 6.07) is 25.7. The zero-order valence-corrected chi connectivity index (χ0v) is 22.0. The number of nitrogens with one attached hydrogen (secondary N) is 1. The standard InChI is InChI=1S/C32H30N2O4/c1-5-34(6-2)22-13-16-26-30(18-22)37-29-17-20(3)28(33-21-11-14-23(36-4)15-12-21)19-27(29)32(26)25-10-8-7-9-24(25)31(35)38-32/h7-19,33H,5-6H2,1-4H3. The molecule has 2 aliphatic heterocycles. The minimum absolute atomic E-state index is 0.336. The highest BCUT2D eigenvalue weighted by atomic mass is 16.6. The Kier molecular flexibility index (Phi) is 5.75. The lowest BCUT2D eigenvalue weighted by atomic mass is 9.77. The molecule has 6 rings (SSSR count). The van der Waals surface area contributed by atoms with Crippen molar-refractivity contribution < 1.29 is 19.0 Å². The lowest BCUT2D eigenvalue weighted by molar-refractivity contribution is 0.0224. The maximum atomic E-state index is 13.2. The maximum Gasteiger partial charge on any atom is 0.340 e. The van der Waals surface area contributed by atoms with Gasteiger partial charge in [0.2, 0.25) is 0 Å². The molecule has 38 heavy (non-hydrogen) atoms. The molecule has 2 aliphatic rings. The molecule has 1 unspecified atom stereocenters. The number of hydrogen-bond acceptors (Lipinski definition) is 6. The number of esters is 1. The number of anilines is 3. The van der Waals surface area contributed by atoms with Crippen LogP contribution >= 0.6 is 0 Å². The topological polar surface area (TPSA) is 60.0 Å². The summed E-state index contributed by atoms with van der Waals surface area (Å²) in [6.07, 6.45) is 0. The lowest BCUT2D eigenvalue weighted by Crippen LogP contribution is -2.33. The summed E-state index contributed by atoms with van der Waals surface area (Å²) in [7, 11) is 1.65. The highest BCUT2D eigenvalue weighted by Crippen LogP contribution is 2.57. The Morgan fingerprint density at radius 1 is 0.868 bits per heavy atom. The van der Waals surface area contributed by atoms with E-state index in [4.69, 9.17) is 14.2 Å². The van der Waals surface area contributed by atoms with Crippen LogP contribution in [0.2, 0.25) is 0 Å². The molecule has 0 amide bonds. The number of aryl methyl sites for hydroxylation is 1. The van der Waals surface area contributed by atoms with Gasteiger partial charge in [0.1, 0.15) is 17.2 Å². The summed E-state index contributed by atoms with van der Waals surface area (Å²) in [4.78, 5) is 15.5. The maximum absolute atomic E-state index is 13.2. The number of carbonyl (C=O) groups excluding carboxylic acids is 1. The average Bonchev–Trinajstić information content (AvgIpc) is 3.23. The largest absolute Gasteiger partial charge is 0.497 e. The smallest absolute Gasteiger partial charge is 0.340 e. The van der Waals surface area contributed by atoms with Crippen molar-refractivity contribution in [2.75, 3.05) is 30.4 Å². The number of fused-ring (bicyclic) bond motifs is 6. The van der Waals surface area contributed by atoms with Crippen LogP contribution in [0, 0.1) is 6.92 Å². The molecular weight excluding hydrogens is 476 g/mol. The van der Waals surface area contributed by atoms with Crippen molar-refractivity contribution in [1.29, 1.82) is 0 Å². The van der Waals surface area contributed by atoms with Crippen LogP contribution in [0.1, 0.15) is 46.5 Å². The molecule has 0 saturated heterocycles. The molecule has 0 aromatic heterocycles. The zero-order chi connectivity index (χ0) is 26.4. The molecule has 6 nitrogen and oxygen atoms in total. The van der Waals surface area contributed by atoms with Crippen molar-refractivity contribution in [2.45, 2.75) is 26.4 Å². The third kappa shape index (κ3) is 3.59. The molecule has 4 aromatic carbocycles. The van der Waals surface area contributed by atoms with Crippen LogP contribution < -0.4 is 19.7 Å². The first-order valence-corrected chi connectivity index (χ1v) is 12.9. The Hall–Kier alpha value is -4.45. The first kappa shape index (κ1) is 23.9. The third-order valence-corrected chi connectivity index (χ3v) is 7.54. The van der Waals surface area contributed by atoms with Crippen molar-refractivity contribution in [2.24, 2.45) is 0 Å². The Bertz CT molecular complexity index is 1540. The van der Waals surface area contributed by atoms with Crippen LogP contribution in [-0.2, 0) is 10.3 Å². The lowest BCUT2D eigenvalue weighted by Gasteiger charge is -2.37. The molecule has 1 atom stereocenters. The molecule has 6 heteroatoms.